The van der Waals surface area contributed by atoms with Gasteiger partial charge in [-0.15, -0.1) is 0 Å². The molecule has 0 radical (unpaired) electrons. The quantitative estimate of drug-likeness (QED) is 0.889. The number of hydrogen-bond acceptors (Lipinski definition) is 4. The summed E-state index contributed by atoms with van der Waals surface area (Å²) in [6.07, 6.45) is 3.60. The number of nitrogens with zero attached hydrogens (tertiary/aromatic N) is 1. The molecule has 1 aromatic heterocycles. The van der Waals surface area contributed by atoms with Gasteiger partial charge in [-0.25, -0.2) is 4.98 Å². The van der Waals surface area contributed by atoms with E-state index >= 15 is 0 Å². The lowest BCUT2D eigenvalue weighted by Gasteiger charge is -2.36. The van der Waals surface area contributed by atoms with Crippen LogP contribution in [0.3, 0.4) is 0 Å². The predicted molar refractivity (Wildman–Crippen MR) is 85.6 cm³/mol. The minimum atomic E-state index is -0.726. The predicted octanol–water partition coefficient (Wildman–Crippen LogP) is 4.68. The normalized spacial score (nSPS) is 24.9. The molecule has 1 aliphatic rings. The first-order valence-electron chi connectivity index (χ1n) is 7.51. The summed E-state index contributed by atoms with van der Waals surface area (Å²) in [5.74, 6) is -0.0214. The fourth-order valence-corrected chi connectivity index (χ4v) is 3.87. The number of ether oxygens (including phenoxy) is 1. The fraction of sp³-hybridized carbons (Fsp3) is 0.412. The Morgan fingerprint density at radius 3 is 2.86 bits per heavy atom. The molecule has 1 heterocycles. The van der Waals surface area contributed by atoms with E-state index in [2.05, 4.69) is 4.98 Å². The highest BCUT2D eigenvalue weighted by atomic mass is 32.1. The van der Waals surface area contributed by atoms with Crippen molar-refractivity contribution in [3.8, 4) is 10.9 Å². The van der Waals surface area contributed by atoms with Crippen LogP contribution in [-0.2, 0) is 4.79 Å². The Hall–Kier alpha value is -1.88. The molecule has 2 aromatic rings. The minimum Gasteiger partial charge on any atom is -0.481 e. The average Bonchev–Trinajstić information content (AvgIpc) is 2.97. The molecule has 1 aromatic carbocycles. The third-order valence-corrected chi connectivity index (χ3v) is 5.24. The number of para-hydroxylation sites is 1. The maximum absolute atomic E-state index is 11.7. The number of aromatic nitrogens is 1. The van der Waals surface area contributed by atoms with Crippen molar-refractivity contribution in [2.24, 2.45) is 5.41 Å². The van der Waals surface area contributed by atoms with Crippen molar-refractivity contribution in [2.45, 2.75) is 38.5 Å². The molecule has 1 fully saturated rings. The van der Waals surface area contributed by atoms with Crippen LogP contribution in [0.5, 0.6) is 10.9 Å². The lowest BCUT2D eigenvalue weighted by Crippen LogP contribution is -2.37. The molecule has 1 saturated carbocycles. The summed E-state index contributed by atoms with van der Waals surface area (Å²) >= 11 is 1.42. The maximum Gasteiger partial charge on any atom is 0.310 e. The summed E-state index contributed by atoms with van der Waals surface area (Å²) in [6.45, 7) is 1.84. The number of thiazole rings is 1. The Bertz CT molecular complexity index is 655. The van der Waals surface area contributed by atoms with Crippen LogP contribution in [0.2, 0.25) is 0 Å². The topological polar surface area (TPSA) is 59.4 Å². The van der Waals surface area contributed by atoms with E-state index in [4.69, 9.17) is 4.74 Å². The van der Waals surface area contributed by atoms with Gasteiger partial charge in [-0.2, -0.15) is 0 Å². The van der Waals surface area contributed by atoms with Crippen molar-refractivity contribution in [3.63, 3.8) is 0 Å². The smallest absolute Gasteiger partial charge is 0.310 e. The molecule has 3 rings (SSSR count). The largest absolute Gasteiger partial charge is 0.481 e. The first-order valence-corrected chi connectivity index (χ1v) is 8.39. The molecule has 0 bridgehead atoms. The zero-order chi connectivity index (χ0) is 15.6. The lowest BCUT2D eigenvalue weighted by atomic mass is 9.66. The first kappa shape index (κ1) is 15.0. The van der Waals surface area contributed by atoms with E-state index in [-0.39, 0.29) is 5.92 Å². The molecule has 0 saturated heterocycles. The molecular formula is C17H19NO3S. The summed E-state index contributed by atoms with van der Waals surface area (Å²) in [7, 11) is 0. The summed E-state index contributed by atoms with van der Waals surface area (Å²) in [4.78, 5) is 16.2. The SMILES string of the molecule is C[C@@]1(C(=O)O)CCCC[C@H]1c1csc(Oc2ccccc2)n1. The van der Waals surface area contributed by atoms with Gasteiger partial charge in [-0.3, -0.25) is 4.79 Å². The molecular weight excluding hydrogens is 298 g/mol. The molecule has 5 heteroatoms. The van der Waals surface area contributed by atoms with Crippen LogP contribution in [0.25, 0.3) is 0 Å². The summed E-state index contributed by atoms with van der Waals surface area (Å²) in [5.41, 5.74) is 0.122. The Kier molecular flexibility index (Phi) is 4.16. The van der Waals surface area contributed by atoms with Crippen LogP contribution >= 0.6 is 11.3 Å². The van der Waals surface area contributed by atoms with E-state index in [0.717, 1.165) is 30.7 Å². The number of carbonyl (C=O) groups is 1. The van der Waals surface area contributed by atoms with Crippen molar-refractivity contribution in [1.29, 1.82) is 0 Å². The Morgan fingerprint density at radius 1 is 1.36 bits per heavy atom. The van der Waals surface area contributed by atoms with Gasteiger partial charge >= 0.3 is 5.97 Å². The van der Waals surface area contributed by atoms with Gasteiger partial charge in [-0.1, -0.05) is 42.4 Å². The highest BCUT2D eigenvalue weighted by Gasteiger charge is 2.44. The summed E-state index contributed by atoms with van der Waals surface area (Å²) < 4.78 is 5.74. The molecule has 1 N–H and O–H groups in total. The Labute approximate surface area is 133 Å². The van der Waals surface area contributed by atoms with Crippen molar-refractivity contribution < 1.29 is 14.6 Å². The van der Waals surface area contributed by atoms with Crippen molar-refractivity contribution in [2.75, 3.05) is 0 Å². The number of rotatable bonds is 4. The third kappa shape index (κ3) is 2.86. The van der Waals surface area contributed by atoms with Gasteiger partial charge in [0.15, 0.2) is 0 Å². The van der Waals surface area contributed by atoms with Gasteiger partial charge in [0.2, 0.25) is 0 Å². The molecule has 22 heavy (non-hydrogen) atoms. The highest BCUT2D eigenvalue weighted by molar-refractivity contribution is 7.11. The lowest BCUT2D eigenvalue weighted by molar-refractivity contribution is -0.151. The summed E-state index contributed by atoms with van der Waals surface area (Å²) in [6, 6.07) is 9.51. The van der Waals surface area contributed by atoms with Crippen LogP contribution in [0.4, 0.5) is 0 Å². The zero-order valence-electron chi connectivity index (χ0n) is 12.5. The van der Waals surface area contributed by atoms with Gasteiger partial charge in [0.1, 0.15) is 5.75 Å². The van der Waals surface area contributed by atoms with E-state index in [1.165, 1.54) is 11.3 Å². The van der Waals surface area contributed by atoms with E-state index in [9.17, 15) is 9.90 Å². The van der Waals surface area contributed by atoms with Gasteiger partial charge in [0.05, 0.1) is 11.1 Å². The Balaban J connectivity index is 1.82. The monoisotopic (exact) mass is 317 g/mol. The van der Waals surface area contributed by atoms with Gasteiger partial charge in [0, 0.05) is 11.3 Å². The molecule has 4 nitrogen and oxygen atoms in total. The number of aliphatic carboxylic acids is 1. The zero-order valence-corrected chi connectivity index (χ0v) is 13.3. The van der Waals surface area contributed by atoms with Crippen molar-refractivity contribution in [1.82, 2.24) is 4.98 Å². The Morgan fingerprint density at radius 2 is 2.14 bits per heavy atom. The van der Waals surface area contributed by atoms with E-state index < -0.39 is 11.4 Å². The second-order valence-corrected chi connectivity index (χ2v) is 6.80. The van der Waals surface area contributed by atoms with E-state index in [1.807, 2.05) is 42.6 Å². The number of carboxylic acid groups (broad SMARTS) is 1. The highest BCUT2D eigenvalue weighted by Crippen LogP contribution is 2.48. The standard InChI is InChI=1S/C17H19NO3S/c1-17(15(19)20)10-6-5-9-13(17)14-11-22-16(18-14)21-12-7-3-2-4-8-12/h2-4,7-8,11,13H,5-6,9-10H2,1H3,(H,19,20)/t13-,17+/m0/s1. The average molecular weight is 317 g/mol. The molecule has 2 atom stereocenters. The van der Waals surface area contributed by atoms with Crippen LogP contribution in [0.1, 0.15) is 44.2 Å². The number of benzene rings is 1. The molecule has 0 amide bonds. The number of carboxylic acids is 1. The number of hydrogen-bond donors (Lipinski definition) is 1. The van der Waals surface area contributed by atoms with Gasteiger partial charge in [-0.05, 0) is 31.9 Å². The van der Waals surface area contributed by atoms with Gasteiger partial charge in [0.25, 0.3) is 5.19 Å². The van der Waals surface area contributed by atoms with Gasteiger partial charge < -0.3 is 9.84 Å². The van der Waals surface area contributed by atoms with E-state index in [1.54, 1.807) is 0 Å². The van der Waals surface area contributed by atoms with Crippen LogP contribution in [0, 0.1) is 5.41 Å². The molecule has 1 aliphatic carbocycles. The molecule has 116 valence electrons. The summed E-state index contributed by atoms with van der Waals surface area (Å²) in [5, 5.41) is 12.1. The van der Waals surface area contributed by atoms with Crippen LogP contribution in [0.15, 0.2) is 35.7 Å². The second kappa shape index (κ2) is 6.08. The maximum atomic E-state index is 11.7. The minimum absolute atomic E-state index is 0.0388. The second-order valence-electron chi connectivity index (χ2n) is 5.97. The molecule has 0 spiro atoms. The fourth-order valence-electron chi connectivity index (χ4n) is 3.13. The van der Waals surface area contributed by atoms with Crippen LogP contribution in [-0.4, -0.2) is 16.1 Å². The third-order valence-electron chi connectivity index (χ3n) is 4.50. The van der Waals surface area contributed by atoms with E-state index in [0.29, 0.717) is 11.6 Å². The van der Waals surface area contributed by atoms with Crippen molar-refractivity contribution in [3.05, 3.63) is 41.4 Å². The molecule has 0 aliphatic heterocycles. The van der Waals surface area contributed by atoms with Crippen molar-refractivity contribution >= 4 is 17.3 Å². The van der Waals surface area contributed by atoms with Crippen LogP contribution < -0.4 is 4.74 Å². The molecule has 0 unspecified atom stereocenters. The first-order chi connectivity index (χ1) is 10.6.